The average Bonchev–Trinajstić information content (AvgIpc) is 2.74. The summed E-state index contributed by atoms with van der Waals surface area (Å²) in [5.74, 6) is -0.102. The van der Waals surface area contributed by atoms with Crippen LogP contribution < -0.4 is 10.3 Å². The maximum Gasteiger partial charge on any atom is 0.344 e. The lowest BCUT2D eigenvalue weighted by Crippen LogP contribution is -2.23. The lowest BCUT2D eigenvalue weighted by atomic mass is 10.2. The molecule has 0 saturated heterocycles. The summed E-state index contributed by atoms with van der Waals surface area (Å²) in [6.07, 6.45) is 3.03. The van der Waals surface area contributed by atoms with E-state index < -0.39 is 12.1 Å². The molecular formula is C22H20Br3N3O4. The van der Waals surface area contributed by atoms with E-state index in [1.165, 1.54) is 11.6 Å². The van der Waals surface area contributed by atoms with Gasteiger partial charge >= 0.3 is 5.97 Å². The van der Waals surface area contributed by atoms with Crippen LogP contribution in [-0.4, -0.2) is 33.1 Å². The molecule has 1 N–H and O–H groups in total. The molecule has 1 aromatic heterocycles. The van der Waals surface area contributed by atoms with Gasteiger partial charge in [0.15, 0.2) is 6.10 Å². The van der Waals surface area contributed by atoms with Crippen LogP contribution in [0.25, 0.3) is 10.9 Å². The van der Waals surface area contributed by atoms with Gasteiger partial charge in [-0.2, -0.15) is 9.78 Å². The Morgan fingerprint density at radius 1 is 1.25 bits per heavy atom. The summed E-state index contributed by atoms with van der Waals surface area (Å²) >= 11 is 10.2. The van der Waals surface area contributed by atoms with Crippen molar-refractivity contribution in [1.29, 1.82) is 0 Å². The number of hydrogen-bond donors (Lipinski definition) is 1. The maximum absolute atomic E-state index is 13.2. The lowest BCUT2D eigenvalue weighted by molar-refractivity contribution is -0.144. The minimum absolute atomic E-state index is 0.243. The van der Waals surface area contributed by atoms with Crippen molar-refractivity contribution in [2.24, 2.45) is 5.10 Å². The Kier molecular flexibility index (Phi) is 8.24. The van der Waals surface area contributed by atoms with Crippen molar-refractivity contribution >= 4 is 70.9 Å². The van der Waals surface area contributed by atoms with Crippen LogP contribution in [0.1, 0.15) is 38.1 Å². The number of aliphatic carboxylic acids is 1. The minimum Gasteiger partial charge on any atom is -0.479 e. The van der Waals surface area contributed by atoms with E-state index >= 15 is 0 Å². The van der Waals surface area contributed by atoms with Gasteiger partial charge in [0.05, 0.1) is 26.1 Å². The van der Waals surface area contributed by atoms with Crippen LogP contribution in [0, 0.1) is 0 Å². The van der Waals surface area contributed by atoms with Crippen LogP contribution in [0.5, 0.6) is 5.75 Å². The van der Waals surface area contributed by atoms with Crippen LogP contribution in [0.2, 0.25) is 0 Å². The van der Waals surface area contributed by atoms with E-state index in [1.54, 1.807) is 24.4 Å². The molecule has 0 aliphatic rings. The normalized spacial score (nSPS) is 12.4. The van der Waals surface area contributed by atoms with E-state index in [4.69, 9.17) is 9.84 Å². The van der Waals surface area contributed by atoms with E-state index in [1.807, 2.05) is 12.1 Å². The second-order valence-corrected chi connectivity index (χ2v) is 9.69. The second-order valence-electron chi connectivity index (χ2n) is 7.07. The molecule has 0 aliphatic heterocycles. The summed E-state index contributed by atoms with van der Waals surface area (Å²) in [6.45, 7) is 3.53. The van der Waals surface area contributed by atoms with E-state index in [-0.39, 0.29) is 5.56 Å². The van der Waals surface area contributed by atoms with E-state index in [0.717, 1.165) is 17.3 Å². The highest BCUT2D eigenvalue weighted by Crippen LogP contribution is 2.35. The van der Waals surface area contributed by atoms with E-state index in [2.05, 4.69) is 64.8 Å². The Bertz CT molecular complexity index is 1230. The molecule has 3 aromatic rings. The van der Waals surface area contributed by atoms with Gasteiger partial charge in [0.25, 0.3) is 5.56 Å². The smallest absolute Gasteiger partial charge is 0.344 e. The first-order valence-electron chi connectivity index (χ1n) is 9.85. The fraction of sp³-hybridized carbons (Fsp3) is 0.273. The van der Waals surface area contributed by atoms with Gasteiger partial charge in [0, 0.05) is 10.9 Å². The van der Waals surface area contributed by atoms with Crippen LogP contribution in [-0.2, 0) is 11.2 Å². The number of fused-ring (bicyclic) bond motifs is 1. The van der Waals surface area contributed by atoms with Crippen molar-refractivity contribution in [1.82, 2.24) is 9.66 Å². The third kappa shape index (κ3) is 5.65. The maximum atomic E-state index is 13.2. The molecule has 1 atom stereocenters. The van der Waals surface area contributed by atoms with Gasteiger partial charge < -0.3 is 9.84 Å². The Hall–Kier alpha value is -2.04. The van der Waals surface area contributed by atoms with Gasteiger partial charge in [-0.25, -0.2) is 9.78 Å². The number of carboxylic acid groups (broad SMARTS) is 1. The summed E-state index contributed by atoms with van der Waals surface area (Å²) in [7, 11) is 0. The highest BCUT2D eigenvalue weighted by molar-refractivity contribution is 9.11. The third-order valence-corrected chi connectivity index (χ3v) is 6.29. The number of nitrogens with zero attached hydrogens (tertiary/aromatic N) is 3. The van der Waals surface area contributed by atoms with E-state index in [9.17, 15) is 9.59 Å². The highest BCUT2D eigenvalue weighted by Gasteiger charge is 2.17. The monoisotopic (exact) mass is 627 g/mol. The summed E-state index contributed by atoms with van der Waals surface area (Å²) in [5.41, 5.74) is 1.07. The average molecular weight is 630 g/mol. The van der Waals surface area contributed by atoms with Crippen molar-refractivity contribution in [3.63, 3.8) is 0 Å². The predicted molar refractivity (Wildman–Crippen MR) is 135 cm³/mol. The first kappa shape index (κ1) is 24.6. The Morgan fingerprint density at radius 2 is 1.94 bits per heavy atom. The van der Waals surface area contributed by atoms with Crippen molar-refractivity contribution in [2.75, 3.05) is 0 Å². The summed E-state index contributed by atoms with van der Waals surface area (Å²) < 4.78 is 8.73. The Morgan fingerprint density at radius 3 is 2.56 bits per heavy atom. The third-order valence-electron chi connectivity index (χ3n) is 4.61. The predicted octanol–water partition coefficient (Wildman–Crippen LogP) is 5.76. The van der Waals surface area contributed by atoms with Crippen molar-refractivity contribution < 1.29 is 14.6 Å². The molecule has 0 bridgehead atoms. The van der Waals surface area contributed by atoms with Gasteiger partial charge in [0.2, 0.25) is 0 Å². The van der Waals surface area contributed by atoms with Crippen molar-refractivity contribution in [2.45, 2.75) is 39.2 Å². The van der Waals surface area contributed by atoms with Gasteiger partial charge in [-0.05, 0) is 81.1 Å². The Balaban J connectivity index is 2.03. The lowest BCUT2D eigenvalue weighted by Gasteiger charge is -2.14. The fourth-order valence-corrected chi connectivity index (χ4v) is 4.70. The molecule has 3 rings (SSSR count). The number of carbonyl (C=O) groups is 1. The number of halogens is 3. The molecule has 1 heterocycles. The SMILES string of the molecule is CCCCc1nc2ccc(Br)cc2c(=O)n1N=Cc1cc(Br)c(O[C@@H](C)C(=O)O)c(Br)c1. The standard InChI is InChI=1S/C22H20Br3N3O4/c1-3-4-5-19-27-18-7-6-14(23)10-15(18)21(29)28(19)26-11-13-8-16(24)20(17(25)9-13)32-12(2)22(30)31/h6-12H,3-5H2,1-2H3,(H,30,31)/t12-/m0/s1. The van der Waals surface area contributed by atoms with E-state index in [0.29, 0.717) is 43.4 Å². The molecule has 0 saturated carbocycles. The minimum atomic E-state index is -1.07. The number of aryl methyl sites for hydroxylation is 1. The molecule has 10 heteroatoms. The molecule has 2 aromatic carbocycles. The molecule has 0 spiro atoms. The molecule has 7 nitrogen and oxygen atoms in total. The number of hydrogen-bond acceptors (Lipinski definition) is 5. The van der Waals surface area contributed by atoms with Crippen molar-refractivity contribution in [3.05, 3.63) is 65.5 Å². The molecule has 0 aliphatic carbocycles. The number of ether oxygens (including phenoxy) is 1. The first-order chi connectivity index (χ1) is 15.2. The van der Waals surface area contributed by atoms with Crippen molar-refractivity contribution in [3.8, 4) is 5.75 Å². The van der Waals surface area contributed by atoms with Gasteiger partial charge in [0.1, 0.15) is 11.6 Å². The number of carboxylic acids is 1. The number of unbranched alkanes of at least 4 members (excludes halogenated alkanes) is 1. The Labute approximate surface area is 209 Å². The largest absolute Gasteiger partial charge is 0.479 e. The first-order valence-corrected chi connectivity index (χ1v) is 12.2. The van der Waals surface area contributed by atoms with Crippen LogP contribution in [0.3, 0.4) is 0 Å². The van der Waals surface area contributed by atoms with Gasteiger partial charge in [-0.15, -0.1) is 0 Å². The topological polar surface area (TPSA) is 93.8 Å². The zero-order valence-corrected chi connectivity index (χ0v) is 22.1. The summed E-state index contributed by atoms with van der Waals surface area (Å²) in [4.78, 5) is 28.9. The van der Waals surface area contributed by atoms with Crippen LogP contribution in [0.4, 0.5) is 0 Å². The van der Waals surface area contributed by atoms with Gasteiger partial charge in [-0.1, -0.05) is 29.3 Å². The van der Waals surface area contributed by atoms with Crippen LogP contribution >= 0.6 is 47.8 Å². The van der Waals surface area contributed by atoms with Crippen LogP contribution in [0.15, 0.2) is 53.6 Å². The molecule has 168 valence electrons. The molecular weight excluding hydrogens is 610 g/mol. The summed E-state index contributed by atoms with van der Waals surface area (Å²) in [6, 6.07) is 8.88. The second kappa shape index (κ2) is 10.7. The molecule has 0 unspecified atom stereocenters. The molecule has 0 amide bonds. The molecule has 0 fully saturated rings. The number of rotatable bonds is 8. The quantitative estimate of drug-likeness (QED) is 0.320. The zero-order valence-electron chi connectivity index (χ0n) is 17.3. The number of aromatic nitrogens is 2. The molecule has 32 heavy (non-hydrogen) atoms. The fourth-order valence-electron chi connectivity index (χ4n) is 2.93. The molecule has 0 radical (unpaired) electrons. The summed E-state index contributed by atoms with van der Waals surface area (Å²) in [5, 5.41) is 14.0. The van der Waals surface area contributed by atoms with Gasteiger partial charge in [-0.3, -0.25) is 4.79 Å². The zero-order chi connectivity index (χ0) is 23.4. The number of benzene rings is 2. The highest BCUT2D eigenvalue weighted by atomic mass is 79.9.